The maximum atomic E-state index is 13.4. The van der Waals surface area contributed by atoms with Crippen LogP contribution in [0.3, 0.4) is 0 Å². The number of likely N-dealkylation sites (N-methyl/N-ethyl adjacent to an activating group) is 1. The van der Waals surface area contributed by atoms with Crippen molar-refractivity contribution in [2.24, 2.45) is 29.1 Å². The van der Waals surface area contributed by atoms with Crippen molar-refractivity contribution in [3.63, 3.8) is 0 Å². The van der Waals surface area contributed by atoms with Crippen LogP contribution < -0.4 is 0 Å². The van der Waals surface area contributed by atoms with Gasteiger partial charge in [-0.15, -0.1) is 0 Å². The first-order chi connectivity index (χ1) is 13.3. The number of nitrogens with zero attached hydrogens (tertiary/aromatic N) is 1. The zero-order valence-electron chi connectivity index (χ0n) is 20.7. The van der Waals surface area contributed by atoms with Crippen molar-refractivity contribution < 1.29 is 14.3 Å². The number of allylic oxidation sites excluding steroid dienone is 1. The summed E-state index contributed by atoms with van der Waals surface area (Å²) in [4.78, 5) is 27.2. The molecule has 0 bridgehead atoms. The molecule has 0 aromatic heterocycles. The van der Waals surface area contributed by atoms with Gasteiger partial charge in [0, 0.05) is 12.6 Å². The molecule has 0 aliphatic rings. The van der Waals surface area contributed by atoms with Crippen molar-refractivity contribution in [1.82, 2.24) is 4.90 Å². The second-order valence-electron chi connectivity index (χ2n) is 9.79. The molecule has 4 nitrogen and oxygen atoms in total. The lowest BCUT2D eigenvalue weighted by Crippen LogP contribution is -2.43. The number of rotatable bonds is 10. The highest BCUT2D eigenvalue weighted by Crippen LogP contribution is 2.31. The van der Waals surface area contributed by atoms with Crippen LogP contribution in [0.4, 0.5) is 0 Å². The largest absolute Gasteiger partial charge is 0.463 e. The third-order valence-electron chi connectivity index (χ3n) is 5.60. The summed E-state index contributed by atoms with van der Waals surface area (Å²) in [6, 6.07) is -0.161. The zero-order chi connectivity index (χ0) is 22.9. The summed E-state index contributed by atoms with van der Waals surface area (Å²) < 4.78 is 5.10. The van der Waals surface area contributed by atoms with Gasteiger partial charge in [0.05, 0.1) is 18.6 Å². The molecule has 0 radical (unpaired) electrons. The first-order valence-electron chi connectivity index (χ1n) is 11.1. The molecule has 0 aliphatic heterocycles. The standard InChI is InChI=1S/C25H45NO3/c1-12-20(25(8,9)10)14-15-21(17(3)4)23(27)26(11)22(18(5)6)16-19(7)24(28)29-13-2/h14-18,20-22H,12-13H2,1-11H3/b15-14+,19-16+/t20-,21+,22?/m1/s1. The van der Waals surface area contributed by atoms with E-state index in [1.165, 1.54) is 0 Å². The van der Waals surface area contributed by atoms with Gasteiger partial charge in [-0.25, -0.2) is 4.79 Å². The lowest BCUT2D eigenvalue weighted by Gasteiger charge is -2.33. The highest BCUT2D eigenvalue weighted by atomic mass is 16.5. The lowest BCUT2D eigenvalue weighted by molar-refractivity contribution is -0.139. The van der Waals surface area contributed by atoms with Crippen molar-refractivity contribution >= 4 is 11.9 Å². The van der Waals surface area contributed by atoms with Crippen LogP contribution in [0, 0.1) is 29.1 Å². The van der Waals surface area contributed by atoms with Crippen LogP contribution in [-0.2, 0) is 14.3 Å². The molecule has 1 amide bonds. The summed E-state index contributed by atoms with van der Waals surface area (Å²) in [5, 5.41) is 0. The minimum atomic E-state index is -0.324. The molecule has 0 aromatic carbocycles. The molecule has 0 spiro atoms. The average Bonchev–Trinajstić information content (AvgIpc) is 2.60. The molecule has 4 heteroatoms. The maximum Gasteiger partial charge on any atom is 0.333 e. The van der Waals surface area contributed by atoms with Crippen LogP contribution in [0.5, 0.6) is 0 Å². The number of esters is 1. The molecule has 0 saturated heterocycles. The van der Waals surface area contributed by atoms with Crippen LogP contribution in [0.25, 0.3) is 0 Å². The van der Waals surface area contributed by atoms with Crippen molar-refractivity contribution in [3.05, 3.63) is 23.8 Å². The minimum Gasteiger partial charge on any atom is -0.463 e. The van der Waals surface area contributed by atoms with E-state index in [4.69, 9.17) is 4.74 Å². The number of hydrogen-bond acceptors (Lipinski definition) is 3. The molecule has 0 N–H and O–H groups in total. The predicted molar refractivity (Wildman–Crippen MR) is 122 cm³/mol. The van der Waals surface area contributed by atoms with Crippen LogP contribution in [0.1, 0.15) is 75.7 Å². The molecule has 0 saturated carbocycles. The van der Waals surface area contributed by atoms with E-state index in [1.807, 2.05) is 13.1 Å². The van der Waals surface area contributed by atoms with E-state index in [2.05, 4.69) is 67.5 Å². The first kappa shape index (κ1) is 27.4. The van der Waals surface area contributed by atoms with Crippen LogP contribution in [0.15, 0.2) is 23.8 Å². The predicted octanol–water partition coefficient (Wildman–Crippen LogP) is 5.88. The lowest BCUT2D eigenvalue weighted by atomic mass is 9.78. The molecular formula is C25H45NO3. The summed E-state index contributed by atoms with van der Waals surface area (Å²) in [5.74, 6) is 0.384. The fourth-order valence-electron chi connectivity index (χ4n) is 3.58. The third kappa shape index (κ3) is 8.76. The monoisotopic (exact) mass is 407 g/mol. The third-order valence-corrected chi connectivity index (χ3v) is 5.60. The Morgan fingerprint density at radius 3 is 1.93 bits per heavy atom. The van der Waals surface area contributed by atoms with E-state index in [1.54, 1.807) is 18.7 Å². The molecule has 168 valence electrons. The SMILES string of the molecule is CCOC(=O)/C(C)=C/C(C(C)C)N(C)C(=O)[C@@H](/C=C/[C@@H](CC)C(C)(C)C)C(C)C. The van der Waals surface area contributed by atoms with Crippen LogP contribution >= 0.6 is 0 Å². The van der Waals surface area contributed by atoms with Crippen LogP contribution in [0.2, 0.25) is 0 Å². The first-order valence-corrected chi connectivity index (χ1v) is 11.1. The molecule has 0 heterocycles. The smallest absolute Gasteiger partial charge is 0.333 e. The van der Waals surface area contributed by atoms with Gasteiger partial charge >= 0.3 is 5.97 Å². The van der Waals surface area contributed by atoms with E-state index in [0.717, 1.165) is 6.42 Å². The normalized spacial score (nSPS) is 16.2. The van der Waals surface area contributed by atoms with Gasteiger partial charge < -0.3 is 9.64 Å². The molecular weight excluding hydrogens is 362 g/mol. The second kappa shape index (κ2) is 12.2. The second-order valence-corrected chi connectivity index (χ2v) is 9.79. The van der Waals surface area contributed by atoms with E-state index in [0.29, 0.717) is 18.1 Å². The molecule has 1 unspecified atom stereocenters. The Morgan fingerprint density at radius 1 is 1.00 bits per heavy atom. The Kier molecular flexibility index (Phi) is 11.5. The van der Waals surface area contributed by atoms with Gasteiger partial charge in [-0.1, -0.05) is 73.6 Å². The molecule has 3 atom stereocenters. The Labute approximate surface area is 179 Å². The Morgan fingerprint density at radius 2 is 1.55 bits per heavy atom. The molecule has 0 aromatic rings. The van der Waals surface area contributed by atoms with Gasteiger partial charge in [-0.05, 0) is 43.4 Å². The average molecular weight is 408 g/mol. The molecule has 0 rings (SSSR count). The Bertz CT molecular complexity index is 581. The van der Waals surface area contributed by atoms with Gasteiger partial charge in [0.2, 0.25) is 5.91 Å². The summed E-state index contributed by atoms with van der Waals surface area (Å²) in [6.07, 6.45) is 7.24. The summed E-state index contributed by atoms with van der Waals surface area (Å²) >= 11 is 0. The van der Waals surface area contributed by atoms with E-state index >= 15 is 0 Å². The quantitative estimate of drug-likeness (QED) is 0.258. The van der Waals surface area contributed by atoms with E-state index in [-0.39, 0.29) is 41.1 Å². The Hall–Kier alpha value is -1.58. The van der Waals surface area contributed by atoms with Crippen LogP contribution in [-0.4, -0.2) is 36.5 Å². The number of hydrogen-bond donors (Lipinski definition) is 0. The van der Waals surface area contributed by atoms with Crippen molar-refractivity contribution in [1.29, 1.82) is 0 Å². The number of ether oxygens (including phenoxy) is 1. The molecule has 0 fully saturated rings. The number of carbonyl (C=O) groups excluding carboxylic acids is 2. The van der Waals surface area contributed by atoms with E-state index < -0.39 is 0 Å². The van der Waals surface area contributed by atoms with Gasteiger partial charge in [0.25, 0.3) is 0 Å². The summed E-state index contributed by atoms with van der Waals surface area (Å²) in [5.41, 5.74) is 0.711. The highest BCUT2D eigenvalue weighted by molar-refractivity contribution is 5.88. The molecule has 0 aliphatic carbocycles. The fraction of sp³-hybridized carbons (Fsp3) is 0.760. The number of amides is 1. The Balaban J connectivity index is 5.71. The van der Waals surface area contributed by atoms with Crippen molar-refractivity contribution in [2.75, 3.05) is 13.7 Å². The van der Waals surface area contributed by atoms with Gasteiger partial charge in [0.15, 0.2) is 0 Å². The number of carbonyl (C=O) groups is 2. The molecule has 29 heavy (non-hydrogen) atoms. The minimum absolute atomic E-state index is 0.0895. The fourth-order valence-corrected chi connectivity index (χ4v) is 3.58. The zero-order valence-corrected chi connectivity index (χ0v) is 20.7. The van der Waals surface area contributed by atoms with E-state index in [9.17, 15) is 9.59 Å². The topological polar surface area (TPSA) is 46.6 Å². The van der Waals surface area contributed by atoms with Gasteiger partial charge in [-0.3, -0.25) is 4.79 Å². The summed E-state index contributed by atoms with van der Waals surface area (Å²) in [6.45, 7) is 21.1. The summed E-state index contributed by atoms with van der Waals surface area (Å²) in [7, 11) is 1.84. The highest BCUT2D eigenvalue weighted by Gasteiger charge is 2.29. The van der Waals surface area contributed by atoms with Crippen molar-refractivity contribution in [2.45, 2.75) is 81.7 Å². The van der Waals surface area contributed by atoms with Gasteiger partial charge in [-0.2, -0.15) is 0 Å². The maximum absolute atomic E-state index is 13.4. The van der Waals surface area contributed by atoms with Gasteiger partial charge in [0.1, 0.15) is 0 Å². The van der Waals surface area contributed by atoms with Crippen molar-refractivity contribution in [3.8, 4) is 0 Å².